The minimum Gasteiger partial charge on any atom is -0.370 e. The summed E-state index contributed by atoms with van der Waals surface area (Å²) in [6.07, 6.45) is 3.92. The van der Waals surface area contributed by atoms with Crippen molar-refractivity contribution in [2.45, 2.75) is 31.3 Å². The molecule has 0 radical (unpaired) electrons. The van der Waals surface area contributed by atoms with Crippen LogP contribution in [0.5, 0.6) is 0 Å². The van der Waals surface area contributed by atoms with Gasteiger partial charge in [0.1, 0.15) is 5.60 Å². The number of ketones is 1. The van der Waals surface area contributed by atoms with E-state index in [9.17, 15) is 4.79 Å². The number of carbonyl (C=O) groups is 1. The van der Waals surface area contributed by atoms with Gasteiger partial charge in [0.2, 0.25) is 0 Å². The van der Waals surface area contributed by atoms with Crippen LogP contribution in [0.4, 0.5) is 0 Å². The Balaban J connectivity index is 2.27. The van der Waals surface area contributed by atoms with E-state index in [-0.39, 0.29) is 5.60 Å². The van der Waals surface area contributed by atoms with Crippen molar-refractivity contribution in [3.8, 4) is 0 Å². The van der Waals surface area contributed by atoms with Crippen LogP contribution in [-0.2, 0) is 9.53 Å². The molecule has 2 atom stereocenters. The van der Waals surface area contributed by atoms with Gasteiger partial charge in [-0.05, 0) is 25.2 Å². The van der Waals surface area contributed by atoms with Gasteiger partial charge in [-0.3, -0.25) is 4.79 Å². The highest BCUT2D eigenvalue weighted by molar-refractivity contribution is 5.90. The summed E-state index contributed by atoms with van der Waals surface area (Å²) in [6.45, 7) is 0. The van der Waals surface area contributed by atoms with E-state index in [1.54, 1.807) is 7.11 Å². The Morgan fingerprint density at radius 3 is 2.80 bits per heavy atom. The Hall–Kier alpha value is -0.370. The van der Waals surface area contributed by atoms with Crippen LogP contribution in [0.2, 0.25) is 0 Å². The quantitative estimate of drug-likeness (QED) is 0.546. The smallest absolute Gasteiger partial charge is 0.164 e. The molecule has 0 heterocycles. The monoisotopic (exact) mass is 140 g/mol. The van der Waals surface area contributed by atoms with Crippen molar-refractivity contribution in [1.29, 1.82) is 0 Å². The second-order valence-corrected chi connectivity index (χ2v) is 3.43. The van der Waals surface area contributed by atoms with Gasteiger partial charge in [0, 0.05) is 13.5 Å². The molecule has 10 heavy (non-hydrogen) atoms. The predicted molar refractivity (Wildman–Crippen MR) is 36.7 cm³/mol. The lowest BCUT2D eigenvalue weighted by atomic mass is 9.96. The van der Waals surface area contributed by atoms with Crippen LogP contribution in [-0.4, -0.2) is 18.5 Å². The van der Waals surface area contributed by atoms with Gasteiger partial charge in [-0.2, -0.15) is 0 Å². The Labute approximate surface area is 60.6 Å². The topological polar surface area (TPSA) is 26.3 Å². The number of Topliss-reactive ketones (excluding diaryl/α,β-unsaturated/α-hetero) is 1. The normalized spacial score (nSPS) is 44.9. The average Bonchev–Trinajstić information content (AvgIpc) is 2.44. The molecule has 0 saturated heterocycles. The average molecular weight is 140 g/mol. The largest absolute Gasteiger partial charge is 0.370 e. The zero-order valence-corrected chi connectivity index (χ0v) is 6.22. The van der Waals surface area contributed by atoms with Crippen LogP contribution in [0.15, 0.2) is 0 Å². The third-order valence-corrected chi connectivity index (χ3v) is 2.95. The highest BCUT2D eigenvalue weighted by Crippen LogP contribution is 2.47. The first kappa shape index (κ1) is 6.35. The molecule has 2 fully saturated rings. The first-order chi connectivity index (χ1) is 4.77. The minimum absolute atomic E-state index is 0.329. The van der Waals surface area contributed by atoms with Gasteiger partial charge in [-0.15, -0.1) is 0 Å². The third-order valence-electron chi connectivity index (χ3n) is 2.95. The van der Waals surface area contributed by atoms with E-state index >= 15 is 0 Å². The highest BCUT2D eigenvalue weighted by atomic mass is 16.5. The van der Waals surface area contributed by atoms with Crippen molar-refractivity contribution in [2.24, 2.45) is 5.92 Å². The summed E-state index contributed by atoms with van der Waals surface area (Å²) in [5, 5.41) is 0. The molecule has 0 aromatic carbocycles. The van der Waals surface area contributed by atoms with Gasteiger partial charge in [0.25, 0.3) is 0 Å². The van der Waals surface area contributed by atoms with Crippen molar-refractivity contribution in [3.63, 3.8) is 0 Å². The minimum atomic E-state index is -0.329. The molecule has 0 N–H and O–H groups in total. The summed E-state index contributed by atoms with van der Waals surface area (Å²) in [6, 6.07) is 0. The van der Waals surface area contributed by atoms with Gasteiger partial charge < -0.3 is 4.74 Å². The number of methoxy groups -OCH3 is 1. The summed E-state index contributed by atoms with van der Waals surface area (Å²) >= 11 is 0. The number of hydrogen-bond donors (Lipinski definition) is 0. The van der Waals surface area contributed by atoms with Crippen molar-refractivity contribution >= 4 is 5.78 Å². The molecule has 0 spiro atoms. The van der Waals surface area contributed by atoms with E-state index in [0.29, 0.717) is 11.7 Å². The molecule has 2 unspecified atom stereocenters. The number of rotatable bonds is 1. The van der Waals surface area contributed by atoms with Crippen LogP contribution in [0.3, 0.4) is 0 Å². The first-order valence-corrected chi connectivity index (χ1v) is 3.85. The maximum absolute atomic E-state index is 11.3. The Morgan fingerprint density at radius 1 is 1.70 bits per heavy atom. The molecule has 2 rings (SSSR count). The lowest BCUT2D eigenvalue weighted by Gasteiger charge is -2.22. The molecule has 2 nitrogen and oxygen atoms in total. The van der Waals surface area contributed by atoms with Gasteiger partial charge in [0.15, 0.2) is 5.78 Å². The van der Waals surface area contributed by atoms with Crippen molar-refractivity contribution < 1.29 is 9.53 Å². The molecule has 0 amide bonds. The molecule has 2 saturated carbocycles. The first-order valence-electron chi connectivity index (χ1n) is 3.85. The van der Waals surface area contributed by atoms with Crippen molar-refractivity contribution in [3.05, 3.63) is 0 Å². The lowest BCUT2D eigenvalue weighted by Crippen LogP contribution is -2.34. The molecule has 2 bridgehead atoms. The Bertz CT molecular complexity index is 176. The fourth-order valence-electron chi connectivity index (χ4n) is 2.28. The van der Waals surface area contributed by atoms with E-state index in [4.69, 9.17) is 4.74 Å². The van der Waals surface area contributed by atoms with Crippen molar-refractivity contribution in [2.75, 3.05) is 7.11 Å². The zero-order valence-electron chi connectivity index (χ0n) is 6.22. The van der Waals surface area contributed by atoms with Crippen molar-refractivity contribution in [1.82, 2.24) is 0 Å². The summed E-state index contributed by atoms with van der Waals surface area (Å²) in [5.41, 5.74) is -0.329. The van der Waals surface area contributed by atoms with Gasteiger partial charge in [-0.25, -0.2) is 0 Å². The van der Waals surface area contributed by atoms with Crippen LogP contribution in [0.1, 0.15) is 25.7 Å². The van der Waals surface area contributed by atoms with Crippen LogP contribution >= 0.6 is 0 Å². The predicted octanol–water partition coefficient (Wildman–Crippen LogP) is 1.14. The SMILES string of the molecule is COC12CCC(CC1=O)C2. The van der Waals surface area contributed by atoms with E-state index in [0.717, 1.165) is 19.3 Å². The van der Waals surface area contributed by atoms with Crippen LogP contribution in [0.25, 0.3) is 0 Å². The van der Waals surface area contributed by atoms with Crippen LogP contribution < -0.4 is 0 Å². The molecule has 56 valence electrons. The number of fused-ring (bicyclic) bond motifs is 2. The van der Waals surface area contributed by atoms with E-state index in [1.165, 1.54) is 6.42 Å². The van der Waals surface area contributed by atoms with Crippen LogP contribution in [0, 0.1) is 5.92 Å². The van der Waals surface area contributed by atoms with E-state index in [1.807, 2.05) is 0 Å². The molecule has 0 aromatic rings. The second kappa shape index (κ2) is 1.82. The molecule has 2 heteroatoms. The van der Waals surface area contributed by atoms with Gasteiger partial charge >= 0.3 is 0 Å². The highest BCUT2D eigenvalue weighted by Gasteiger charge is 2.51. The maximum Gasteiger partial charge on any atom is 0.164 e. The number of hydrogen-bond acceptors (Lipinski definition) is 2. The van der Waals surface area contributed by atoms with Gasteiger partial charge in [0.05, 0.1) is 0 Å². The molecule has 0 aromatic heterocycles. The molecular weight excluding hydrogens is 128 g/mol. The molecule has 2 aliphatic carbocycles. The summed E-state index contributed by atoms with van der Waals surface area (Å²) < 4.78 is 5.25. The molecular formula is C8H12O2. The Morgan fingerprint density at radius 2 is 2.50 bits per heavy atom. The number of ether oxygens (including phenoxy) is 1. The molecule has 0 aliphatic heterocycles. The van der Waals surface area contributed by atoms with E-state index in [2.05, 4.69) is 0 Å². The third kappa shape index (κ3) is 0.601. The summed E-state index contributed by atoms with van der Waals surface area (Å²) in [7, 11) is 1.66. The van der Waals surface area contributed by atoms with Gasteiger partial charge in [-0.1, -0.05) is 0 Å². The van der Waals surface area contributed by atoms with E-state index < -0.39 is 0 Å². The lowest BCUT2D eigenvalue weighted by molar-refractivity contribution is -0.137. The fourth-order valence-corrected chi connectivity index (χ4v) is 2.28. The Kier molecular flexibility index (Phi) is 1.15. The number of carbonyl (C=O) groups excluding carboxylic acids is 1. The zero-order chi connectivity index (χ0) is 7.19. The molecule has 2 aliphatic rings. The summed E-state index contributed by atoms with van der Waals surface area (Å²) in [4.78, 5) is 11.3. The standard InChI is InChI=1S/C8H12O2/c1-10-8-3-2-6(5-8)4-7(8)9/h6H,2-5H2,1H3. The fraction of sp³-hybridized carbons (Fsp3) is 0.875. The summed E-state index contributed by atoms with van der Waals surface area (Å²) in [5.74, 6) is 0.985. The maximum atomic E-state index is 11.3. The second-order valence-electron chi connectivity index (χ2n) is 3.43.